The Morgan fingerprint density at radius 1 is 1.00 bits per heavy atom. The fraction of sp³-hybridized carbons (Fsp3) is 0.455. The maximum absolute atomic E-state index is 6.28. The van der Waals surface area contributed by atoms with Gasteiger partial charge in [-0.3, -0.25) is 0 Å². The predicted molar refractivity (Wildman–Crippen MR) is 119 cm³/mol. The molecule has 0 saturated heterocycles. The van der Waals surface area contributed by atoms with Gasteiger partial charge in [0.25, 0.3) is 0 Å². The van der Waals surface area contributed by atoms with Gasteiger partial charge in [0.15, 0.2) is 11.5 Å². The van der Waals surface area contributed by atoms with Gasteiger partial charge in [-0.25, -0.2) is 0 Å². The zero-order valence-corrected chi connectivity index (χ0v) is 18.5. The quantitative estimate of drug-likeness (QED) is 0.475. The number of ether oxygens (including phenoxy) is 2. The van der Waals surface area contributed by atoms with Crippen molar-refractivity contribution in [2.24, 2.45) is 0 Å². The second-order valence-electron chi connectivity index (χ2n) is 7.04. The molecule has 0 unspecified atom stereocenters. The first-order valence-electron chi connectivity index (χ1n) is 9.63. The van der Waals surface area contributed by atoms with Crippen LogP contribution in [0, 0.1) is 0 Å². The van der Waals surface area contributed by atoms with E-state index in [1.165, 1.54) is 38.5 Å². The number of hydrogen-bond donors (Lipinski definition) is 1. The first-order valence-corrected chi connectivity index (χ1v) is 10.4. The van der Waals surface area contributed by atoms with Crippen LogP contribution in [0.1, 0.15) is 49.7 Å². The van der Waals surface area contributed by atoms with Crippen molar-refractivity contribution in [3.8, 4) is 11.5 Å². The molecule has 0 amide bonds. The Labute approximate surface area is 184 Å². The summed E-state index contributed by atoms with van der Waals surface area (Å²) in [6.45, 7) is 1.14. The number of rotatable bonds is 7. The molecular weight excluding hydrogens is 417 g/mol. The largest absolute Gasteiger partial charge is 0.493 e. The van der Waals surface area contributed by atoms with E-state index in [1.807, 2.05) is 24.3 Å². The molecule has 6 heteroatoms. The molecule has 1 fully saturated rings. The molecule has 0 heterocycles. The van der Waals surface area contributed by atoms with Gasteiger partial charge in [0, 0.05) is 33.8 Å². The third-order valence-electron chi connectivity index (χ3n) is 5.10. The molecule has 1 aliphatic carbocycles. The molecule has 0 atom stereocenters. The molecule has 0 aromatic heterocycles. The van der Waals surface area contributed by atoms with Crippen LogP contribution in [0.2, 0.25) is 10.0 Å². The summed E-state index contributed by atoms with van der Waals surface area (Å²) in [6, 6.07) is 12.0. The molecule has 0 spiro atoms. The number of nitrogens with one attached hydrogen (secondary N) is 1. The van der Waals surface area contributed by atoms with E-state index in [4.69, 9.17) is 32.7 Å². The zero-order chi connectivity index (χ0) is 19.1. The van der Waals surface area contributed by atoms with Crippen LogP contribution in [0.4, 0.5) is 0 Å². The minimum absolute atomic E-state index is 0. The van der Waals surface area contributed by atoms with Crippen LogP contribution in [0.3, 0.4) is 0 Å². The summed E-state index contributed by atoms with van der Waals surface area (Å²) in [7, 11) is 1.67. The summed E-state index contributed by atoms with van der Waals surface area (Å²) in [4.78, 5) is 0. The van der Waals surface area contributed by atoms with Crippen molar-refractivity contribution < 1.29 is 9.47 Å². The van der Waals surface area contributed by atoms with Gasteiger partial charge in [-0.15, -0.1) is 12.4 Å². The SMILES string of the molecule is COc1cccc(CNC2CCCCCC2)c1OCc1ccc(Cl)cc1Cl.Cl. The average molecular weight is 445 g/mol. The van der Waals surface area contributed by atoms with E-state index in [9.17, 15) is 0 Å². The lowest BCUT2D eigenvalue weighted by atomic mass is 10.1. The zero-order valence-electron chi connectivity index (χ0n) is 16.2. The van der Waals surface area contributed by atoms with Crippen LogP contribution in [-0.2, 0) is 13.2 Å². The summed E-state index contributed by atoms with van der Waals surface area (Å²) in [5.41, 5.74) is 2.00. The number of halogens is 3. The number of methoxy groups -OCH3 is 1. The van der Waals surface area contributed by atoms with Gasteiger partial charge in [-0.2, -0.15) is 0 Å². The smallest absolute Gasteiger partial charge is 0.166 e. The number of hydrogen-bond acceptors (Lipinski definition) is 3. The molecule has 0 radical (unpaired) electrons. The van der Waals surface area contributed by atoms with E-state index in [1.54, 1.807) is 13.2 Å². The maximum atomic E-state index is 6.28. The second kappa shape index (κ2) is 11.8. The van der Waals surface area contributed by atoms with E-state index in [0.29, 0.717) is 22.7 Å². The highest BCUT2D eigenvalue weighted by Gasteiger charge is 2.15. The van der Waals surface area contributed by atoms with Crippen LogP contribution in [0.15, 0.2) is 36.4 Å². The van der Waals surface area contributed by atoms with Gasteiger partial charge < -0.3 is 14.8 Å². The van der Waals surface area contributed by atoms with Gasteiger partial charge in [0.2, 0.25) is 0 Å². The molecule has 2 aromatic carbocycles. The van der Waals surface area contributed by atoms with Crippen molar-refractivity contribution in [3.63, 3.8) is 0 Å². The van der Waals surface area contributed by atoms with E-state index >= 15 is 0 Å². The van der Waals surface area contributed by atoms with E-state index < -0.39 is 0 Å². The van der Waals surface area contributed by atoms with Crippen LogP contribution >= 0.6 is 35.6 Å². The van der Waals surface area contributed by atoms with Gasteiger partial charge in [0.1, 0.15) is 6.61 Å². The molecule has 0 bridgehead atoms. The maximum Gasteiger partial charge on any atom is 0.166 e. The predicted octanol–water partition coefficient (Wildman–Crippen LogP) is 6.82. The number of benzene rings is 2. The molecule has 3 nitrogen and oxygen atoms in total. The van der Waals surface area contributed by atoms with Crippen LogP contribution in [-0.4, -0.2) is 13.2 Å². The minimum atomic E-state index is 0. The lowest BCUT2D eigenvalue weighted by molar-refractivity contribution is 0.280. The third kappa shape index (κ3) is 6.45. The topological polar surface area (TPSA) is 30.5 Å². The molecule has 28 heavy (non-hydrogen) atoms. The Hall–Kier alpha value is -1.13. The second-order valence-corrected chi connectivity index (χ2v) is 7.89. The van der Waals surface area contributed by atoms with Gasteiger partial charge in [-0.05, 0) is 31.0 Å². The van der Waals surface area contributed by atoms with Crippen LogP contribution < -0.4 is 14.8 Å². The summed E-state index contributed by atoms with van der Waals surface area (Å²) >= 11 is 12.3. The van der Waals surface area contributed by atoms with Crippen molar-refractivity contribution in [3.05, 3.63) is 57.6 Å². The first kappa shape index (κ1) is 23.2. The van der Waals surface area contributed by atoms with Gasteiger partial charge in [0.05, 0.1) is 7.11 Å². The molecule has 154 valence electrons. The monoisotopic (exact) mass is 443 g/mol. The summed E-state index contributed by atoms with van der Waals surface area (Å²) in [6.07, 6.45) is 7.84. The first-order chi connectivity index (χ1) is 13.2. The molecule has 1 aliphatic rings. The molecule has 1 N–H and O–H groups in total. The normalized spacial score (nSPS) is 14.8. The summed E-state index contributed by atoms with van der Waals surface area (Å²) in [5, 5.41) is 4.93. The molecular formula is C22H28Cl3NO2. The van der Waals surface area contributed by atoms with Gasteiger partial charge in [-0.1, -0.05) is 67.1 Å². The number of para-hydroxylation sites is 1. The minimum Gasteiger partial charge on any atom is -0.493 e. The van der Waals surface area contributed by atoms with Crippen LogP contribution in [0.25, 0.3) is 0 Å². The molecule has 3 rings (SSSR count). The van der Waals surface area contributed by atoms with Crippen LogP contribution in [0.5, 0.6) is 11.5 Å². The standard InChI is InChI=1S/C22H27Cl2NO2.ClH/c1-26-21-10-6-7-16(14-25-19-8-4-2-3-5-9-19)22(21)27-15-17-11-12-18(23)13-20(17)24;/h6-7,10-13,19,25H,2-5,8-9,14-15H2,1H3;1H. The Kier molecular flexibility index (Phi) is 9.73. The Morgan fingerprint density at radius 3 is 2.43 bits per heavy atom. The average Bonchev–Trinajstić information content (AvgIpc) is 2.94. The van der Waals surface area contributed by atoms with E-state index in [-0.39, 0.29) is 12.4 Å². The highest BCUT2D eigenvalue weighted by molar-refractivity contribution is 6.35. The van der Waals surface area contributed by atoms with Crippen molar-refractivity contribution in [2.45, 2.75) is 57.7 Å². The fourth-order valence-electron chi connectivity index (χ4n) is 3.55. The molecule has 1 saturated carbocycles. The third-order valence-corrected chi connectivity index (χ3v) is 5.69. The van der Waals surface area contributed by atoms with Crippen molar-refractivity contribution in [1.29, 1.82) is 0 Å². The highest BCUT2D eigenvalue weighted by Crippen LogP contribution is 2.33. The fourth-order valence-corrected chi connectivity index (χ4v) is 4.01. The van der Waals surface area contributed by atoms with Crippen molar-refractivity contribution in [1.82, 2.24) is 5.32 Å². The van der Waals surface area contributed by atoms with Crippen molar-refractivity contribution >= 4 is 35.6 Å². The lowest BCUT2D eigenvalue weighted by Gasteiger charge is -2.19. The van der Waals surface area contributed by atoms with Gasteiger partial charge >= 0.3 is 0 Å². The summed E-state index contributed by atoms with van der Waals surface area (Å²) in [5.74, 6) is 1.51. The lowest BCUT2D eigenvalue weighted by Crippen LogP contribution is -2.28. The Balaban J connectivity index is 0.00000280. The summed E-state index contributed by atoms with van der Waals surface area (Å²) < 4.78 is 11.7. The van der Waals surface area contributed by atoms with Crippen molar-refractivity contribution in [2.75, 3.05) is 7.11 Å². The Morgan fingerprint density at radius 2 is 1.75 bits per heavy atom. The van der Waals surface area contributed by atoms with E-state index in [2.05, 4.69) is 11.4 Å². The van der Waals surface area contributed by atoms with E-state index in [0.717, 1.165) is 29.2 Å². The highest BCUT2D eigenvalue weighted by atomic mass is 35.5. The molecule has 2 aromatic rings. The molecule has 0 aliphatic heterocycles. The Bertz CT molecular complexity index is 747.